The van der Waals surface area contributed by atoms with Crippen molar-refractivity contribution in [2.24, 2.45) is 5.41 Å². The van der Waals surface area contributed by atoms with E-state index < -0.39 is 11.4 Å². The van der Waals surface area contributed by atoms with Crippen LogP contribution in [0.15, 0.2) is 11.6 Å². The first-order chi connectivity index (χ1) is 7.40. The lowest BCUT2D eigenvalue weighted by atomic mass is 9.90. The minimum Gasteiger partial charge on any atom is -0.481 e. The summed E-state index contributed by atoms with van der Waals surface area (Å²) in [5.41, 5.74) is -0.0700. The molecule has 1 unspecified atom stereocenters. The summed E-state index contributed by atoms with van der Waals surface area (Å²) < 4.78 is 0. The molecule has 4 heteroatoms. The van der Waals surface area contributed by atoms with Gasteiger partial charge in [0.05, 0.1) is 5.41 Å². The molecular weight excluding hydrogens is 206 g/mol. The molecule has 0 saturated carbocycles. The second-order valence-electron chi connectivity index (χ2n) is 4.64. The summed E-state index contributed by atoms with van der Waals surface area (Å²) in [6, 6.07) is 0. The molecule has 0 spiro atoms. The highest BCUT2D eigenvalue weighted by molar-refractivity contribution is 5.93. The topological polar surface area (TPSA) is 57.6 Å². The highest BCUT2D eigenvalue weighted by atomic mass is 16.4. The Morgan fingerprint density at radius 1 is 1.50 bits per heavy atom. The predicted molar refractivity (Wildman–Crippen MR) is 61.0 cm³/mol. The van der Waals surface area contributed by atoms with E-state index in [9.17, 15) is 9.59 Å². The van der Waals surface area contributed by atoms with Gasteiger partial charge >= 0.3 is 5.97 Å². The number of aliphatic carboxylic acids is 1. The first-order valence-corrected chi connectivity index (χ1v) is 5.60. The zero-order chi connectivity index (χ0) is 12.3. The monoisotopic (exact) mass is 225 g/mol. The van der Waals surface area contributed by atoms with E-state index in [2.05, 4.69) is 0 Å². The van der Waals surface area contributed by atoms with Crippen LogP contribution in [0.25, 0.3) is 0 Å². The Morgan fingerprint density at radius 2 is 2.12 bits per heavy atom. The van der Waals surface area contributed by atoms with Gasteiger partial charge in [-0.2, -0.15) is 0 Å². The van der Waals surface area contributed by atoms with Crippen molar-refractivity contribution in [3.63, 3.8) is 0 Å². The zero-order valence-electron chi connectivity index (χ0n) is 10.1. The van der Waals surface area contributed by atoms with E-state index in [1.165, 1.54) is 0 Å². The van der Waals surface area contributed by atoms with E-state index in [-0.39, 0.29) is 5.91 Å². The summed E-state index contributed by atoms with van der Waals surface area (Å²) in [6.07, 6.45) is 3.23. The summed E-state index contributed by atoms with van der Waals surface area (Å²) in [6.45, 7) is 6.30. The molecule has 16 heavy (non-hydrogen) atoms. The first-order valence-electron chi connectivity index (χ1n) is 5.60. The van der Waals surface area contributed by atoms with Crippen LogP contribution in [-0.2, 0) is 9.59 Å². The smallest absolute Gasteiger partial charge is 0.311 e. The zero-order valence-corrected chi connectivity index (χ0v) is 10.1. The van der Waals surface area contributed by atoms with Crippen molar-refractivity contribution in [1.82, 2.24) is 4.90 Å². The van der Waals surface area contributed by atoms with E-state index >= 15 is 0 Å². The quantitative estimate of drug-likeness (QED) is 0.743. The highest BCUT2D eigenvalue weighted by Crippen LogP contribution is 2.30. The molecular formula is C12H19NO3. The molecule has 1 fully saturated rings. The summed E-state index contributed by atoms with van der Waals surface area (Å²) in [7, 11) is 0. The number of hydrogen-bond acceptors (Lipinski definition) is 2. The lowest BCUT2D eigenvalue weighted by molar-refractivity contribution is -0.147. The van der Waals surface area contributed by atoms with Crippen molar-refractivity contribution in [3.05, 3.63) is 11.6 Å². The van der Waals surface area contributed by atoms with Gasteiger partial charge in [0.15, 0.2) is 0 Å². The molecule has 1 atom stereocenters. The molecule has 0 aromatic carbocycles. The minimum atomic E-state index is -0.820. The lowest BCUT2D eigenvalue weighted by Gasteiger charge is -2.20. The van der Waals surface area contributed by atoms with Crippen molar-refractivity contribution < 1.29 is 14.7 Å². The molecule has 1 rings (SSSR count). The van der Waals surface area contributed by atoms with Crippen LogP contribution < -0.4 is 0 Å². The fourth-order valence-corrected chi connectivity index (χ4v) is 1.95. The van der Waals surface area contributed by atoms with Gasteiger partial charge in [-0.3, -0.25) is 9.59 Å². The van der Waals surface area contributed by atoms with Gasteiger partial charge in [-0.25, -0.2) is 0 Å². The van der Waals surface area contributed by atoms with Gasteiger partial charge in [-0.1, -0.05) is 13.0 Å². The molecule has 1 N–H and O–H groups in total. The standard InChI is InChI=1S/C12H19NO3/c1-4-5-9(2)10(14)13-7-6-12(3,8-13)11(15)16/h5H,4,6-8H2,1-3H3,(H,15,16). The Balaban J connectivity index is 2.70. The Kier molecular flexibility index (Phi) is 3.73. The average Bonchev–Trinajstić information content (AvgIpc) is 2.61. The molecule has 0 aromatic heterocycles. The molecule has 4 nitrogen and oxygen atoms in total. The first kappa shape index (κ1) is 12.7. The number of carbonyl (C=O) groups is 2. The number of nitrogens with zero attached hydrogens (tertiary/aromatic N) is 1. The number of carboxylic acids is 1. The van der Waals surface area contributed by atoms with Crippen molar-refractivity contribution in [2.45, 2.75) is 33.6 Å². The summed E-state index contributed by atoms with van der Waals surface area (Å²) in [4.78, 5) is 24.6. The molecule has 1 aliphatic rings. The van der Waals surface area contributed by atoms with Crippen LogP contribution in [0.3, 0.4) is 0 Å². The second kappa shape index (κ2) is 4.68. The van der Waals surface area contributed by atoms with Crippen LogP contribution in [0.2, 0.25) is 0 Å². The Bertz CT molecular complexity index is 335. The maximum Gasteiger partial charge on any atom is 0.311 e. The minimum absolute atomic E-state index is 0.0353. The average molecular weight is 225 g/mol. The fraction of sp³-hybridized carbons (Fsp3) is 0.667. The fourth-order valence-electron chi connectivity index (χ4n) is 1.95. The molecule has 1 amide bonds. The van der Waals surface area contributed by atoms with Gasteiger partial charge in [0.1, 0.15) is 0 Å². The normalized spacial score (nSPS) is 25.9. The number of allylic oxidation sites excluding steroid dienone is 1. The number of carbonyl (C=O) groups excluding carboxylic acids is 1. The molecule has 90 valence electrons. The van der Waals surface area contributed by atoms with E-state index in [1.54, 1.807) is 18.7 Å². The van der Waals surface area contributed by atoms with Crippen molar-refractivity contribution in [3.8, 4) is 0 Å². The van der Waals surface area contributed by atoms with Gasteiger partial charge in [0, 0.05) is 18.7 Å². The molecule has 1 heterocycles. The number of amides is 1. The van der Waals surface area contributed by atoms with E-state index in [1.807, 2.05) is 13.0 Å². The number of rotatable bonds is 3. The van der Waals surface area contributed by atoms with Crippen LogP contribution in [0.4, 0.5) is 0 Å². The SMILES string of the molecule is CCC=C(C)C(=O)N1CCC(C)(C(=O)O)C1. The molecule has 0 radical (unpaired) electrons. The largest absolute Gasteiger partial charge is 0.481 e. The van der Waals surface area contributed by atoms with Gasteiger partial charge in [0.25, 0.3) is 0 Å². The molecule has 1 saturated heterocycles. The van der Waals surface area contributed by atoms with Crippen molar-refractivity contribution >= 4 is 11.9 Å². The van der Waals surface area contributed by atoms with Gasteiger partial charge in [0.2, 0.25) is 5.91 Å². The van der Waals surface area contributed by atoms with E-state index in [0.29, 0.717) is 25.1 Å². The van der Waals surface area contributed by atoms with Crippen molar-refractivity contribution in [1.29, 1.82) is 0 Å². The van der Waals surface area contributed by atoms with Gasteiger partial charge < -0.3 is 10.0 Å². The lowest BCUT2D eigenvalue weighted by Crippen LogP contribution is -2.35. The molecule has 0 bridgehead atoms. The van der Waals surface area contributed by atoms with Gasteiger partial charge in [-0.05, 0) is 26.7 Å². The van der Waals surface area contributed by atoms with Crippen LogP contribution in [0, 0.1) is 5.41 Å². The van der Waals surface area contributed by atoms with Crippen molar-refractivity contribution in [2.75, 3.05) is 13.1 Å². The number of likely N-dealkylation sites (tertiary alicyclic amines) is 1. The predicted octanol–water partition coefficient (Wildman–Crippen LogP) is 1.67. The van der Waals surface area contributed by atoms with Crippen LogP contribution in [0.5, 0.6) is 0 Å². The third-order valence-corrected chi connectivity index (χ3v) is 3.12. The Hall–Kier alpha value is -1.32. The Morgan fingerprint density at radius 3 is 2.56 bits per heavy atom. The number of hydrogen-bond donors (Lipinski definition) is 1. The van der Waals surface area contributed by atoms with Crippen LogP contribution >= 0.6 is 0 Å². The van der Waals surface area contributed by atoms with Gasteiger partial charge in [-0.15, -0.1) is 0 Å². The molecule has 0 aliphatic carbocycles. The summed E-state index contributed by atoms with van der Waals surface area (Å²) in [5.74, 6) is -0.855. The summed E-state index contributed by atoms with van der Waals surface area (Å²) in [5, 5.41) is 9.06. The Labute approximate surface area is 95.9 Å². The van der Waals surface area contributed by atoms with E-state index in [0.717, 1.165) is 6.42 Å². The van der Waals surface area contributed by atoms with E-state index in [4.69, 9.17) is 5.11 Å². The summed E-state index contributed by atoms with van der Waals surface area (Å²) >= 11 is 0. The molecule has 1 aliphatic heterocycles. The molecule has 0 aromatic rings. The highest BCUT2D eigenvalue weighted by Gasteiger charge is 2.42. The maximum atomic E-state index is 11.9. The number of carboxylic acid groups (broad SMARTS) is 1. The maximum absolute atomic E-state index is 11.9. The van der Waals surface area contributed by atoms with Crippen LogP contribution in [0.1, 0.15) is 33.6 Å². The van der Waals surface area contributed by atoms with Crippen LogP contribution in [-0.4, -0.2) is 35.0 Å². The third kappa shape index (κ3) is 2.43. The third-order valence-electron chi connectivity index (χ3n) is 3.12. The second-order valence-corrected chi connectivity index (χ2v) is 4.64.